The number of para-hydroxylation sites is 2. The number of benzene rings is 2. The summed E-state index contributed by atoms with van der Waals surface area (Å²) >= 11 is 0. The molecule has 1 saturated heterocycles. The van der Waals surface area contributed by atoms with Gasteiger partial charge in [-0.3, -0.25) is 0 Å². The molecule has 0 saturated carbocycles. The summed E-state index contributed by atoms with van der Waals surface area (Å²) in [4.78, 5) is 2.41. The average Bonchev–Trinajstić information content (AvgIpc) is 2.59. The van der Waals surface area contributed by atoms with E-state index in [0.717, 1.165) is 24.5 Å². The van der Waals surface area contributed by atoms with Crippen LogP contribution in [0.4, 0.5) is 5.69 Å². The molecule has 2 atom stereocenters. The SMILES string of the molecule is COc1cccc2c1OC1C(CCCN1c1ccccc1)C2. The molecule has 2 aliphatic rings. The largest absolute Gasteiger partial charge is 0.493 e. The molecule has 2 aromatic rings. The van der Waals surface area contributed by atoms with Crippen LogP contribution in [0.2, 0.25) is 0 Å². The van der Waals surface area contributed by atoms with Crippen molar-refractivity contribution in [2.45, 2.75) is 25.5 Å². The molecule has 1 fully saturated rings. The predicted molar refractivity (Wildman–Crippen MR) is 87.6 cm³/mol. The summed E-state index contributed by atoms with van der Waals surface area (Å²) < 4.78 is 11.9. The summed E-state index contributed by atoms with van der Waals surface area (Å²) in [7, 11) is 1.71. The van der Waals surface area contributed by atoms with Crippen molar-refractivity contribution in [2.24, 2.45) is 5.92 Å². The molecule has 3 heteroatoms. The minimum absolute atomic E-state index is 0.111. The van der Waals surface area contributed by atoms with E-state index in [4.69, 9.17) is 9.47 Å². The highest BCUT2D eigenvalue weighted by atomic mass is 16.5. The third-order valence-corrected chi connectivity index (χ3v) is 4.77. The Balaban J connectivity index is 1.70. The zero-order chi connectivity index (χ0) is 14.9. The third-order valence-electron chi connectivity index (χ3n) is 4.77. The Hall–Kier alpha value is -2.16. The Bertz CT molecular complexity index is 656. The maximum atomic E-state index is 6.43. The zero-order valence-electron chi connectivity index (χ0n) is 12.9. The maximum Gasteiger partial charge on any atom is 0.175 e. The van der Waals surface area contributed by atoms with Crippen molar-refractivity contribution < 1.29 is 9.47 Å². The van der Waals surface area contributed by atoms with Crippen LogP contribution in [-0.2, 0) is 6.42 Å². The summed E-state index contributed by atoms with van der Waals surface area (Å²) in [6.45, 7) is 1.05. The van der Waals surface area contributed by atoms with Crippen molar-refractivity contribution in [1.29, 1.82) is 0 Å². The van der Waals surface area contributed by atoms with Gasteiger partial charge in [-0.2, -0.15) is 0 Å². The fraction of sp³-hybridized carbons (Fsp3) is 0.368. The lowest BCUT2D eigenvalue weighted by molar-refractivity contribution is 0.0808. The van der Waals surface area contributed by atoms with Gasteiger partial charge < -0.3 is 14.4 Å². The third kappa shape index (κ3) is 2.21. The molecule has 2 aliphatic heterocycles. The first-order valence-electron chi connectivity index (χ1n) is 8.01. The second-order valence-corrected chi connectivity index (χ2v) is 6.09. The van der Waals surface area contributed by atoms with E-state index in [1.807, 2.05) is 6.07 Å². The molecule has 114 valence electrons. The lowest BCUT2D eigenvalue weighted by atomic mass is 9.86. The van der Waals surface area contributed by atoms with Crippen molar-refractivity contribution in [3.63, 3.8) is 0 Å². The maximum absolute atomic E-state index is 6.43. The van der Waals surface area contributed by atoms with Gasteiger partial charge in [0.2, 0.25) is 0 Å². The molecule has 4 rings (SSSR count). The molecule has 0 N–H and O–H groups in total. The second kappa shape index (κ2) is 5.56. The van der Waals surface area contributed by atoms with Gasteiger partial charge in [0, 0.05) is 18.2 Å². The standard InChI is InChI=1S/C19H21NO2/c1-21-17-11-5-7-14-13-15-8-6-12-20(19(15)22-18(14)17)16-9-3-2-4-10-16/h2-5,7,9-11,15,19H,6,8,12-13H2,1H3. The molecule has 0 aliphatic carbocycles. The van der Waals surface area contributed by atoms with E-state index < -0.39 is 0 Å². The minimum Gasteiger partial charge on any atom is -0.493 e. The monoisotopic (exact) mass is 295 g/mol. The van der Waals surface area contributed by atoms with Gasteiger partial charge in [0.05, 0.1) is 7.11 Å². The molecule has 2 aromatic carbocycles. The van der Waals surface area contributed by atoms with Crippen molar-refractivity contribution in [2.75, 3.05) is 18.6 Å². The summed E-state index contributed by atoms with van der Waals surface area (Å²) in [6, 6.07) is 16.8. The number of ether oxygens (including phenoxy) is 2. The Morgan fingerprint density at radius 3 is 2.77 bits per heavy atom. The van der Waals surface area contributed by atoms with E-state index in [1.165, 1.54) is 24.1 Å². The molecular formula is C19H21NO2. The van der Waals surface area contributed by atoms with E-state index in [1.54, 1.807) is 7.11 Å². The van der Waals surface area contributed by atoms with Gasteiger partial charge in [-0.05, 0) is 43.0 Å². The Labute approximate surface area is 131 Å². The van der Waals surface area contributed by atoms with E-state index in [2.05, 4.69) is 47.4 Å². The van der Waals surface area contributed by atoms with Crippen molar-refractivity contribution in [1.82, 2.24) is 0 Å². The lowest BCUT2D eigenvalue weighted by Gasteiger charge is -2.45. The highest BCUT2D eigenvalue weighted by molar-refractivity contribution is 5.52. The number of hydrogen-bond acceptors (Lipinski definition) is 3. The Morgan fingerprint density at radius 2 is 1.95 bits per heavy atom. The van der Waals surface area contributed by atoms with Gasteiger partial charge >= 0.3 is 0 Å². The van der Waals surface area contributed by atoms with Gasteiger partial charge in [0.15, 0.2) is 17.7 Å². The second-order valence-electron chi connectivity index (χ2n) is 6.09. The van der Waals surface area contributed by atoms with Crippen molar-refractivity contribution in [3.05, 3.63) is 54.1 Å². The molecule has 2 heterocycles. The molecule has 3 nitrogen and oxygen atoms in total. The number of rotatable bonds is 2. The highest BCUT2D eigenvalue weighted by Gasteiger charge is 2.38. The van der Waals surface area contributed by atoms with Crippen LogP contribution in [-0.4, -0.2) is 19.9 Å². The first-order chi connectivity index (χ1) is 10.9. The van der Waals surface area contributed by atoms with E-state index >= 15 is 0 Å². The summed E-state index contributed by atoms with van der Waals surface area (Å²) in [5.41, 5.74) is 2.52. The zero-order valence-corrected chi connectivity index (χ0v) is 12.9. The first kappa shape index (κ1) is 13.5. The molecule has 0 spiro atoms. The van der Waals surface area contributed by atoms with E-state index in [9.17, 15) is 0 Å². The quantitative estimate of drug-likeness (QED) is 0.839. The number of anilines is 1. The molecule has 22 heavy (non-hydrogen) atoms. The molecule has 0 amide bonds. The van der Waals surface area contributed by atoms with Gasteiger partial charge in [0.1, 0.15) is 0 Å². The lowest BCUT2D eigenvalue weighted by Crippen LogP contribution is -2.51. The van der Waals surface area contributed by atoms with Crippen LogP contribution >= 0.6 is 0 Å². The number of methoxy groups -OCH3 is 1. The van der Waals surface area contributed by atoms with Crippen LogP contribution in [0, 0.1) is 5.92 Å². The molecule has 2 unspecified atom stereocenters. The predicted octanol–water partition coefficient (Wildman–Crippen LogP) is 3.87. The van der Waals surface area contributed by atoms with Gasteiger partial charge in [-0.15, -0.1) is 0 Å². The smallest absolute Gasteiger partial charge is 0.175 e. The van der Waals surface area contributed by atoms with Gasteiger partial charge in [0.25, 0.3) is 0 Å². The van der Waals surface area contributed by atoms with Crippen LogP contribution < -0.4 is 14.4 Å². The van der Waals surface area contributed by atoms with Crippen LogP contribution in [0.15, 0.2) is 48.5 Å². The Kier molecular flexibility index (Phi) is 3.41. The van der Waals surface area contributed by atoms with Crippen LogP contribution in [0.5, 0.6) is 11.5 Å². The first-order valence-corrected chi connectivity index (χ1v) is 8.01. The van der Waals surface area contributed by atoms with Gasteiger partial charge in [-0.1, -0.05) is 30.3 Å². The average molecular weight is 295 g/mol. The number of hydrogen-bond donors (Lipinski definition) is 0. The topological polar surface area (TPSA) is 21.7 Å². The van der Waals surface area contributed by atoms with Crippen molar-refractivity contribution in [3.8, 4) is 11.5 Å². The summed E-state index contributed by atoms with van der Waals surface area (Å²) in [5, 5.41) is 0. The molecule has 0 radical (unpaired) electrons. The fourth-order valence-electron chi connectivity index (χ4n) is 3.73. The normalized spacial score (nSPS) is 23.2. The van der Waals surface area contributed by atoms with Crippen LogP contribution in [0.25, 0.3) is 0 Å². The molecular weight excluding hydrogens is 274 g/mol. The highest BCUT2D eigenvalue weighted by Crippen LogP contribution is 2.42. The summed E-state index contributed by atoms with van der Waals surface area (Å²) in [6.07, 6.45) is 3.63. The molecule has 0 aromatic heterocycles. The van der Waals surface area contributed by atoms with E-state index in [0.29, 0.717) is 5.92 Å². The molecule has 0 bridgehead atoms. The van der Waals surface area contributed by atoms with Crippen LogP contribution in [0.3, 0.4) is 0 Å². The minimum atomic E-state index is 0.111. The van der Waals surface area contributed by atoms with E-state index in [-0.39, 0.29) is 6.23 Å². The Morgan fingerprint density at radius 1 is 1.09 bits per heavy atom. The number of nitrogens with zero attached hydrogens (tertiary/aromatic N) is 1. The fourth-order valence-corrected chi connectivity index (χ4v) is 3.73. The number of fused-ring (bicyclic) bond motifs is 2. The summed E-state index contributed by atoms with van der Waals surface area (Å²) in [5.74, 6) is 2.32. The van der Waals surface area contributed by atoms with Gasteiger partial charge in [-0.25, -0.2) is 0 Å². The number of piperidine rings is 1. The van der Waals surface area contributed by atoms with Crippen LogP contribution in [0.1, 0.15) is 18.4 Å². The van der Waals surface area contributed by atoms with Crippen molar-refractivity contribution >= 4 is 5.69 Å².